The standard InChI is InChI=1S/C10H6F2N2/c11-7-2-3-8(9(12)6-7)10-13-4-1-5-14-10/h1-6H. The van der Waals surface area contributed by atoms with E-state index < -0.39 is 11.6 Å². The van der Waals surface area contributed by atoms with Crippen molar-refractivity contribution in [3.63, 3.8) is 0 Å². The zero-order chi connectivity index (χ0) is 9.97. The van der Waals surface area contributed by atoms with Gasteiger partial charge in [-0.05, 0) is 18.2 Å². The summed E-state index contributed by atoms with van der Waals surface area (Å²) in [5.41, 5.74) is 0.201. The van der Waals surface area contributed by atoms with E-state index >= 15 is 0 Å². The predicted octanol–water partition coefficient (Wildman–Crippen LogP) is 2.42. The van der Waals surface area contributed by atoms with Crippen LogP contribution in [0.4, 0.5) is 8.78 Å². The van der Waals surface area contributed by atoms with Crippen molar-refractivity contribution in [1.29, 1.82) is 0 Å². The van der Waals surface area contributed by atoms with E-state index in [0.717, 1.165) is 6.07 Å². The van der Waals surface area contributed by atoms with Crippen molar-refractivity contribution in [3.8, 4) is 11.4 Å². The number of rotatable bonds is 1. The molecule has 0 aliphatic carbocycles. The zero-order valence-electron chi connectivity index (χ0n) is 7.11. The fourth-order valence-corrected chi connectivity index (χ4v) is 1.11. The third-order valence-electron chi connectivity index (χ3n) is 1.74. The van der Waals surface area contributed by atoms with Gasteiger partial charge in [0, 0.05) is 18.5 Å². The van der Waals surface area contributed by atoms with Crippen LogP contribution in [0.5, 0.6) is 0 Å². The number of benzene rings is 1. The number of halogens is 2. The van der Waals surface area contributed by atoms with E-state index in [1.54, 1.807) is 6.07 Å². The van der Waals surface area contributed by atoms with Crippen LogP contribution in [0.25, 0.3) is 11.4 Å². The Morgan fingerprint density at radius 1 is 1.00 bits per heavy atom. The summed E-state index contributed by atoms with van der Waals surface area (Å²) in [6.07, 6.45) is 3.01. The molecule has 0 spiro atoms. The van der Waals surface area contributed by atoms with E-state index in [1.807, 2.05) is 0 Å². The average molecular weight is 192 g/mol. The van der Waals surface area contributed by atoms with E-state index in [2.05, 4.69) is 9.97 Å². The smallest absolute Gasteiger partial charge is 0.162 e. The van der Waals surface area contributed by atoms with Crippen molar-refractivity contribution in [1.82, 2.24) is 9.97 Å². The lowest BCUT2D eigenvalue weighted by Gasteiger charge is -2.00. The highest BCUT2D eigenvalue weighted by Crippen LogP contribution is 2.18. The van der Waals surface area contributed by atoms with Crippen LogP contribution in [0.1, 0.15) is 0 Å². The van der Waals surface area contributed by atoms with Crippen LogP contribution < -0.4 is 0 Å². The summed E-state index contributed by atoms with van der Waals surface area (Å²) >= 11 is 0. The minimum Gasteiger partial charge on any atom is -0.236 e. The minimum absolute atomic E-state index is 0.201. The van der Waals surface area contributed by atoms with E-state index in [4.69, 9.17) is 0 Å². The van der Waals surface area contributed by atoms with Gasteiger partial charge in [-0.25, -0.2) is 18.7 Å². The molecular formula is C10H6F2N2. The Hall–Kier alpha value is -1.84. The van der Waals surface area contributed by atoms with E-state index in [0.29, 0.717) is 0 Å². The molecule has 0 bridgehead atoms. The van der Waals surface area contributed by atoms with Gasteiger partial charge in [-0.2, -0.15) is 0 Å². The molecule has 0 saturated carbocycles. The van der Waals surface area contributed by atoms with Crippen molar-refractivity contribution >= 4 is 0 Å². The van der Waals surface area contributed by atoms with Crippen molar-refractivity contribution < 1.29 is 8.78 Å². The molecule has 4 heteroatoms. The summed E-state index contributed by atoms with van der Waals surface area (Å²) in [5.74, 6) is -1.01. The maximum absolute atomic E-state index is 13.2. The number of aromatic nitrogens is 2. The quantitative estimate of drug-likeness (QED) is 0.693. The second-order valence-electron chi connectivity index (χ2n) is 2.70. The van der Waals surface area contributed by atoms with Gasteiger partial charge in [0.05, 0.1) is 5.56 Å². The van der Waals surface area contributed by atoms with Gasteiger partial charge in [0.15, 0.2) is 5.82 Å². The van der Waals surface area contributed by atoms with Gasteiger partial charge in [0.25, 0.3) is 0 Å². The first kappa shape index (κ1) is 8.74. The van der Waals surface area contributed by atoms with Crippen molar-refractivity contribution in [2.45, 2.75) is 0 Å². The second kappa shape index (κ2) is 3.49. The lowest BCUT2D eigenvalue weighted by molar-refractivity contribution is 0.585. The predicted molar refractivity (Wildman–Crippen MR) is 47.4 cm³/mol. The molecular weight excluding hydrogens is 186 g/mol. The van der Waals surface area contributed by atoms with Crippen molar-refractivity contribution in [3.05, 3.63) is 48.3 Å². The molecule has 0 unspecified atom stereocenters. The molecule has 1 aromatic carbocycles. The molecule has 0 saturated heterocycles. The molecule has 0 aliphatic rings. The van der Waals surface area contributed by atoms with Crippen molar-refractivity contribution in [2.24, 2.45) is 0 Å². The summed E-state index contributed by atoms with van der Waals surface area (Å²) in [6, 6.07) is 4.94. The topological polar surface area (TPSA) is 25.8 Å². The molecule has 0 radical (unpaired) electrons. The van der Waals surface area contributed by atoms with Crippen LogP contribution in [0.15, 0.2) is 36.7 Å². The van der Waals surface area contributed by atoms with E-state index in [1.165, 1.54) is 24.5 Å². The van der Waals surface area contributed by atoms with E-state index in [-0.39, 0.29) is 11.4 Å². The maximum atomic E-state index is 13.2. The molecule has 2 rings (SSSR count). The Labute approximate surface area is 79.3 Å². The molecule has 0 fully saturated rings. The van der Waals surface area contributed by atoms with Gasteiger partial charge in [0.2, 0.25) is 0 Å². The van der Waals surface area contributed by atoms with Crippen LogP contribution in [0.2, 0.25) is 0 Å². The van der Waals surface area contributed by atoms with Crippen molar-refractivity contribution in [2.75, 3.05) is 0 Å². The first-order valence-electron chi connectivity index (χ1n) is 4.00. The fraction of sp³-hybridized carbons (Fsp3) is 0. The van der Waals surface area contributed by atoms with E-state index in [9.17, 15) is 8.78 Å². The third-order valence-corrected chi connectivity index (χ3v) is 1.74. The maximum Gasteiger partial charge on any atom is 0.162 e. The minimum atomic E-state index is -0.656. The first-order valence-corrected chi connectivity index (χ1v) is 4.00. The summed E-state index contributed by atoms with van der Waals surface area (Å²) in [7, 11) is 0. The van der Waals surface area contributed by atoms with Crippen LogP contribution in [-0.4, -0.2) is 9.97 Å². The van der Waals surface area contributed by atoms with Gasteiger partial charge < -0.3 is 0 Å². The lowest BCUT2D eigenvalue weighted by Crippen LogP contribution is -1.91. The molecule has 14 heavy (non-hydrogen) atoms. The SMILES string of the molecule is Fc1ccc(-c2ncccn2)c(F)c1. The Bertz CT molecular complexity index is 443. The fourth-order valence-electron chi connectivity index (χ4n) is 1.11. The highest BCUT2D eigenvalue weighted by Gasteiger charge is 2.07. The Morgan fingerprint density at radius 3 is 2.36 bits per heavy atom. The summed E-state index contributed by atoms with van der Waals surface area (Å²) in [5, 5.41) is 0. The monoisotopic (exact) mass is 192 g/mol. The van der Waals surface area contributed by atoms with Gasteiger partial charge in [-0.1, -0.05) is 0 Å². The Morgan fingerprint density at radius 2 is 1.71 bits per heavy atom. The van der Waals surface area contributed by atoms with Gasteiger partial charge >= 0.3 is 0 Å². The third kappa shape index (κ3) is 1.59. The average Bonchev–Trinajstić information content (AvgIpc) is 2.19. The van der Waals surface area contributed by atoms with Crippen LogP contribution in [0, 0.1) is 11.6 Å². The second-order valence-corrected chi connectivity index (χ2v) is 2.70. The molecule has 1 aromatic heterocycles. The normalized spacial score (nSPS) is 10.1. The highest BCUT2D eigenvalue weighted by atomic mass is 19.1. The highest BCUT2D eigenvalue weighted by molar-refractivity contribution is 5.55. The number of hydrogen-bond donors (Lipinski definition) is 0. The number of nitrogens with zero attached hydrogens (tertiary/aromatic N) is 2. The van der Waals surface area contributed by atoms with Crippen LogP contribution in [-0.2, 0) is 0 Å². The number of hydrogen-bond acceptors (Lipinski definition) is 2. The molecule has 70 valence electrons. The van der Waals surface area contributed by atoms with Crippen LogP contribution in [0.3, 0.4) is 0 Å². The summed E-state index contributed by atoms with van der Waals surface area (Å²) in [4.78, 5) is 7.73. The largest absolute Gasteiger partial charge is 0.236 e. The Balaban J connectivity index is 2.53. The lowest BCUT2D eigenvalue weighted by atomic mass is 10.2. The van der Waals surface area contributed by atoms with Gasteiger partial charge in [-0.15, -0.1) is 0 Å². The Kier molecular flexibility index (Phi) is 2.18. The molecule has 0 N–H and O–H groups in total. The molecule has 2 nitrogen and oxygen atoms in total. The molecule has 2 aromatic rings. The summed E-state index contributed by atoms with van der Waals surface area (Å²) in [6.45, 7) is 0. The first-order chi connectivity index (χ1) is 6.77. The molecule has 0 atom stereocenters. The summed E-state index contributed by atoms with van der Waals surface area (Å²) < 4.78 is 25.8. The zero-order valence-corrected chi connectivity index (χ0v) is 7.11. The molecule has 0 amide bonds. The van der Waals surface area contributed by atoms with Crippen LogP contribution >= 0.6 is 0 Å². The van der Waals surface area contributed by atoms with Gasteiger partial charge in [0.1, 0.15) is 11.6 Å². The molecule has 0 aliphatic heterocycles. The molecule has 1 heterocycles. The van der Waals surface area contributed by atoms with Gasteiger partial charge in [-0.3, -0.25) is 0 Å².